The highest BCUT2D eigenvalue weighted by Gasteiger charge is 2.03. The third kappa shape index (κ3) is 6.54. The second-order valence-electron chi connectivity index (χ2n) is 3.30. The first kappa shape index (κ1) is 13.5. The third-order valence-corrected chi connectivity index (χ3v) is 2.44. The number of para-hydroxylation sites is 1. The number of amides is 1. The first-order valence-corrected chi connectivity index (χ1v) is 6.82. The van der Waals surface area contributed by atoms with Crippen molar-refractivity contribution in [3.8, 4) is 5.75 Å². The Morgan fingerprint density at radius 1 is 1.24 bits per heavy atom. The lowest BCUT2D eigenvalue weighted by Gasteiger charge is -2.06. The van der Waals surface area contributed by atoms with Crippen molar-refractivity contribution in [2.24, 2.45) is 0 Å². The van der Waals surface area contributed by atoms with Gasteiger partial charge in [0.1, 0.15) is 5.75 Å². The number of ether oxygens (including phenoxy) is 1. The summed E-state index contributed by atoms with van der Waals surface area (Å²) in [5.41, 5.74) is 0. The first-order chi connectivity index (χ1) is 7.97. The van der Waals surface area contributed by atoms with Crippen molar-refractivity contribution >= 4 is 16.1 Å². The predicted molar refractivity (Wildman–Crippen MR) is 63.3 cm³/mol. The number of sulfonamides is 1. The lowest BCUT2D eigenvalue weighted by atomic mass is 10.3. The quantitative estimate of drug-likeness (QED) is 0.745. The minimum absolute atomic E-state index is 0.128. The molecule has 0 aliphatic heterocycles. The molecule has 0 spiro atoms. The number of rotatable bonds is 5. The Morgan fingerprint density at radius 2 is 1.88 bits per heavy atom. The molecule has 0 fully saturated rings. The van der Waals surface area contributed by atoms with Gasteiger partial charge in [-0.25, -0.2) is 17.9 Å². The Morgan fingerprint density at radius 3 is 2.47 bits per heavy atom. The summed E-state index contributed by atoms with van der Waals surface area (Å²) in [4.78, 5) is 11.2. The lowest BCUT2D eigenvalue weighted by Crippen LogP contribution is -2.35. The average Bonchev–Trinajstić information content (AvgIpc) is 2.25. The minimum Gasteiger partial charge on any atom is -0.410 e. The van der Waals surface area contributed by atoms with E-state index in [0.29, 0.717) is 5.75 Å². The molecule has 1 amide bonds. The SMILES string of the molecule is CS(=O)(=O)NCCNC(=O)Oc1ccccc1. The molecule has 0 aromatic heterocycles. The van der Waals surface area contributed by atoms with Gasteiger partial charge in [0, 0.05) is 13.1 Å². The van der Waals surface area contributed by atoms with Gasteiger partial charge in [0.05, 0.1) is 6.26 Å². The van der Waals surface area contributed by atoms with Crippen LogP contribution in [0.3, 0.4) is 0 Å². The highest BCUT2D eigenvalue weighted by molar-refractivity contribution is 7.88. The lowest BCUT2D eigenvalue weighted by molar-refractivity contribution is 0.200. The molecule has 1 aromatic carbocycles. The van der Waals surface area contributed by atoms with Gasteiger partial charge in [0.25, 0.3) is 0 Å². The number of hydrogen-bond acceptors (Lipinski definition) is 4. The molecule has 94 valence electrons. The van der Waals surface area contributed by atoms with Crippen molar-refractivity contribution in [2.75, 3.05) is 19.3 Å². The van der Waals surface area contributed by atoms with Gasteiger partial charge in [-0.05, 0) is 12.1 Å². The fourth-order valence-corrected chi connectivity index (χ4v) is 1.51. The number of benzene rings is 1. The van der Waals surface area contributed by atoms with Crippen LogP contribution >= 0.6 is 0 Å². The maximum atomic E-state index is 11.2. The Kier molecular flexibility index (Phi) is 4.92. The number of carbonyl (C=O) groups excluding carboxylic acids is 1. The molecule has 1 rings (SSSR count). The van der Waals surface area contributed by atoms with Crippen LogP contribution in [0.4, 0.5) is 4.79 Å². The Labute approximate surface area is 100 Å². The summed E-state index contributed by atoms with van der Waals surface area (Å²) in [6.45, 7) is 0.293. The second-order valence-corrected chi connectivity index (χ2v) is 5.13. The summed E-state index contributed by atoms with van der Waals surface area (Å²) in [6, 6.07) is 8.59. The first-order valence-electron chi connectivity index (χ1n) is 4.93. The van der Waals surface area contributed by atoms with E-state index in [4.69, 9.17) is 4.74 Å². The Bertz CT molecular complexity index is 458. The third-order valence-electron chi connectivity index (χ3n) is 1.71. The van der Waals surface area contributed by atoms with E-state index < -0.39 is 16.1 Å². The van der Waals surface area contributed by atoms with Crippen LogP contribution < -0.4 is 14.8 Å². The zero-order valence-electron chi connectivity index (χ0n) is 9.34. The molecular formula is C10H14N2O4S. The smallest absolute Gasteiger partial charge is 0.410 e. The fourth-order valence-electron chi connectivity index (χ4n) is 1.03. The Hall–Kier alpha value is -1.60. The molecule has 0 atom stereocenters. The summed E-state index contributed by atoms with van der Waals surface area (Å²) >= 11 is 0. The molecule has 0 heterocycles. The van der Waals surface area contributed by atoms with E-state index in [1.54, 1.807) is 30.3 Å². The van der Waals surface area contributed by atoms with Gasteiger partial charge in [0.15, 0.2) is 0 Å². The normalized spacial score (nSPS) is 10.9. The van der Waals surface area contributed by atoms with Crippen molar-refractivity contribution in [3.63, 3.8) is 0 Å². The number of carbonyl (C=O) groups is 1. The van der Waals surface area contributed by atoms with Crippen LogP contribution in [0, 0.1) is 0 Å². The van der Waals surface area contributed by atoms with Crippen LogP contribution in [0.2, 0.25) is 0 Å². The Balaban J connectivity index is 2.23. The van der Waals surface area contributed by atoms with Crippen molar-refractivity contribution in [2.45, 2.75) is 0 Å². The maximum Gasteiger partial charge on any atom is 0.412 e. The van der Waals surface area contributed by atoms with Crippen molar-refractivity contribution in [3.05, 3.63) is 30.3 Å². The molecule has 17 heavy (non-hydrogen) atoms. The molecule has 0 bridgehead atoms. The van der Waals surface area contributed by atoms with E-state index >= 15 is 0 Å². The average molecular weight is 258 g/mol. The number of hydrogen-bond donors (Lipinski definition) is 2. The van der Waals surface area contributed by atoms with Gasteiger partial charge in [-0.3, -0.25) is 0 Å². The van der Waals surface area contributed by atoms with Gasteiger partial charge >= 0.3 is 6.09 Å². The summed E-state index contributed by atoms with van der Waals surface area (Å²) in [7, 11) is -3.22. The summed E-state index contributed by atoms with van der Waals surface area (Å²) < 4.78 is 28.6. The van der Waals surface area contributed by atoms with E-state index in [2.05, 4.69) is 10.0 Å². The summed E-state index contributed by atoms with van der Waals surface area (Å²) in [5.74, 6) is 0.432. The molecular weight excluding hydrogens is 244 g/mol. The standard InChI is InChI=1S/C10H14N2O4S/c1-17(14,15)12-8-7-11-10(13)16-9-5-3-2-4-6-9/h2-6,12H,7-8H2,1H3,(H,11,13). The minimum atomic E-state index is -3.22. The molecule has 0 saturated carbocycles. The molecule has 1 aromatic rings. The second kappa shape index (κ2) is 6.21. The molecule has 0 aliphatic carbocycles. The predicted octanol–water partition coefficient (Wildman–Crippen LogP) is 0.324. The van der Waals surface area contributed by atoms with Crippen LogP contribution in [0.15, 0.2) is 30.3 Å². The van der Waals surface area contributed by atoms with Gasteiger partial charge in [-0.15, -0.1) is 0 Å². The number of nitrogens with one attached hydrogen (secondary N) is 2. The zero-order chi connectivity index (χ0) is 12.7. The van der Waals surface area contributed by atoms with E-state index in [9.17, 15) is 13.2 Å². The van der Waals surface area contributed by atoms with Crippen LogP contribution in [0.5, 0.6) is 5.75 Å². The topological polar surface area (TPSA) is 84.5 Å². The molecule has 2 N–H and O–H groups in total. The van der Waals surface area contributed by atoms with E-state index in [1.165, 1.54) is 0 Å². The molecule has 0 saturated heterocycles. The largest absolute Gasteiger partial charge is 0.412 e. The van der Waals surface area contributed by atoms with Gasteiger partial charge in [-0.1, -0.05) is 18.2 Å². The molecule has 0 aliphatic rings. The highest BCUT2D eigenvalue weighted by atomic mass is 32.2. The molecule has 0 unspecified atom stereocenters. The van der Waals surface area contributed by atoms with Crippen molar-refractivity contribution in [1.29, 1.82) is 0 Å². The van der Waals surface area contributed by atoms with E-state index in [-0.39, 0.29) is 13.1 Å². The van der Waals surface area contributed by atoms with E-state index in [0.717, 1.165) is 6.26 Å². The van der Waals surface area contributed by atoms with Crippen LogP contribution in [-0.4, -0.2) is 33.9 Å². The fraction of sp³-hybridized carbons (Fsp3) is 0.300. The van der Waals surface area contributed by atoms with Crippen LogP contribution in [0.25, 0.3) is 0 Å². The van der Waals surface area contributed by atoms with Gasteiger partial charge < -0.3 is 10.1 Å². The summed E-state index contributed by atoms with van der Waals surface area (Å²) in [6.07, 6.45) is 0.432. The molecule has 7 heteroatoms. The summed E-state index contributed by atoms with van der Waals surface area (Å²) in [5, 5.41) is 2.42. The van der Waals surface area contributed by atoms with Gasteiger partial charge in [-0.2, -0.15) is 0 Å². The van der Waals surface area contributed by atoms with Crippen molar-refractivity contribution < 1.29 is 17.9 Å². The molecule has 6 nitrogen and oxygen atoms in total. The molecule has 0 radical (unpaired) electrons. The zero-order valence-corrected chi connectivity index (χ0v) is 10.2. The van der Waals surface area contributed by atoms with E-state index in [1.807, 2.05) is 0 Å². The van der Waals surface area contributed by atoms with Gasteiger partial charge in [0.2, 0.25) is 10.0 Å². The highest BCUT2D eigenvalue weighted by Crippen LogP contribution is 2.07. The van der Waals surface area contributed by atoms with Crippen molar-refractivity contribution in [1.82, 2.24) is 10.0 Å². The van der Waals surface area contributed by atoms with Crippen LogP contribution in [-0.2, 0) is 10.0 Å². The maximum absolute atomic E-state index is 11.2. The monoisotopic (exact) mass is 258 g/mol. The van der Waals surface area contributed by atoms with Crippen LogP contribution in [0.1, 0.15) is 0 Å².